The third-order valence-corrected chi connectivity index (χ3v) is 4.78. The zero-order chi connectivity index (χ0) is 13.2. The molecule has 2 aromatic heterocycles. The third-order valence-electron chi connectivity index (χ3n) is 2.71. The number of fused-ring (bicyclic) bond motifs is 1. The first-order chi connectivity index (χ1) is 9.22. The maximum absolute atomic E-state index is 5.79. The van der Waals surface area contributed by atoms with Crippen LogP contribution in [0, 0.1) is 0 Å². The Kier molecular flexibility index (Phi) is 3.50. The smallest absolute Gasteiger partial charge is 0.155 e. The molecule has 1 aromatic carbocycles. The average Bonchev–Trinajstić information content (AvgIpc) is 2.81. The van der Waals surface area contributed by atoms with Gasteiger partial charge in [0.15, 0.2) is 4.34 Å². The van der Waals surface area contributed by atoms with Crippen LogP contribution in [0.5, 0.6) is 0 Å². The molecule has 96 valence electrons. The van der Waals surface area contributed by atoms with E-state index in [1.165, 1.54) is 4.70 Å². The second-order valence-corrected chi connectivity index (χ2v) is 6.61. The third kappa shape index (κ3) is 2.78. The molecule has 0 aliphatic carbocycles. The summed E-state index contributed by atoms with van der Waals surface area (Å²) in [6.45, 7) is 1.93. The van der Waals surface area contributed by atoms with E-state index < -0.39 is 0 Å². The van der Waals surface area contributed by atoms with E-state index in [-0.39, 0.29) is 6.04 Å². The lowest BCUT2D eigenvalue weighted by molar-refractivity contribution is 0.777. The summed E-state index contributed by atoms with van der Waals surface area (Å²) in [7, 11) is 0. The number of hydrogen-bond donors (Lipinski definition) is 1. The number of rotatable bonds is 3. The van der Waals surface area contributed by atoms with E-state index in [9.17, 15) is 0 Å². The van der Waals surface area contributed by atoms with Crippen molar-refractivity contribution in [1.29, 1.82) is 0 Å². The van der Waals surface area contributed by atoms with E-state index in [0.29, 0.717) is 0 Å². The van der Waals surface area contributed by atoms with Crippen molar-refractivity contribution in [2.45, 2.75) is 22.2 Å². The lowest BCUT2D eigenvalue weighted by atomic mass is 10.2. The van der Waals surface area contributed by atoms with Gasteiger partial charge in [0.2, 0.25) is 0 Å². The number of hydrogen-bond acceptors (Lipinski definition) is 5. The van der Waals surface area contributed by atoms with Gasteiger partial charge in [0, 0.05) is 17.1 Å². The van der Waals surface area contributed by atoms with E-state index in [0.717, 1.165) is 20.4 Å². The van der Waals surface area contributed by atoms with Gasteiger partial charge in [-0.15, -0.1) is 11.3 Å². The minimum absolute atomic E-state index is 0.0264. The predicted molar refractivity (Wildman–Crippen MR) is 80.6 cm³/mol. The summed E-state index contributed by atoms with van der Waals surface area (Å²) in [6, 6.07) is 12.2. The molecule has 0 unspecified atom stereocenters. The zero-order valence-corrected chi connectivity index (χ0v) is 12.0. The molecule has 0 spiro atoms. The quantitative estimate of drug-likeness (QED) is 0.794. The Labute approximate surface area is 119 Å². The van der Waals surface area contributed by atoms with Crippen LogP contribution in [0.1, 0.15) is 18.7 Å². The molecular formula is C14H13N3S2. The topological polar surface area (TPSA) is 51.8 Å². The van der Waals surface area contributed by atoms with Crippen molar-refractivity contribution >= 4 is 33.3 Å². The molecule has 3 rings (SSSR count). The van der Waals surface area contributed by atoms with Gasteiger partial charge in [0.05, 0.1) is 15.9 Å². The minimum Gasteiger partial charge on any atom is -0.323 e. The predicted octanol–water partition coefficient (Wildman–Crippen LogP) is 3.86. The highest BCUT2D eigenvalue weighted by Crippen LogP contribution is 2.33. The minimum atomic E-state index is -0.0264. The summed E-state index contributed by atoms with van der Waals surface area (Å²) in [4.78, 5) is 10.0. The lowest BCUT2D eigenvalue weighted by Crippen LogP contribution is -2.06. The van der Waals surface area contributed by atoms with Crippen LogP contribution >= 0.6 is 23.1 Å². The molecule has 3 nitrogen and oxygen atoms in total. The highest BCUT2D eigenvalue weighted by atomic mass is 32.2. The maximum atomic E-state index is 5.79. The molecule has 3 aromatic rings. The average molecular weight is 287 g/mol. The van der Waals surface area contributed by atoms with Gasteiger partial charge in [-0.3, -0.25) is 4.98 Å². The standard InChI is InChI=1S/C14H13N3S2/c1-9(15)11-7-6-10(8-16-11)18-14-17-12-4-2-3-5-13(12)19-14/h2-9H,15H2,1H3/t9-/m1/s1. The van der Waals surface area contributed by atoms with Crippen LogP contribution < -0.4 is 5.73 Å². The summed E-state index contributed by atoms with van der Waals surface area (Å²) in [5.74, 6) is 0. The van der Waals surface area contributed by atoms with Crippen molar-refractivity contribution in [3.8, 4) is 0 Å². The van der Waals surface area contributed by atoms with Crippen LogP contribution in [0.25, 0.3) is 10.2 Å². The Morgan fingerprint density at radius 3 is 2.74 bits per heavy atom. The molecule has 2 N–H and O–H groups in total. The first-order valence-corrected chi connectivity index (χ1v) is 7.60. The van der Waals surface area contributed by atoms with Gasteiger partial charge >= 0.3 is 0 Å². The molecule has 0 fully saturated rings. The Morgan fingerprint density at radius 2 is 2.05 bits per heavy atom. The van der Waals surface area contributed by atoms with Crippen molar-refractivity contribution in [2.75, 3.05) is 0 Å². The van der Waals surface area contributed by atoms with Crippen molar-refractivity contribution in [3.63, 3.8) is 0 Å². The fourth-order valence-electron chi connectivity index (χ4n) is 1.72. The Bertz CT molecular complexity index is 656. The summed E-state index contributed by atoms with van der Waals surface area (Å²) in [6.07, 6.45) is 1.86. The highest BCUT2D eigenvalue weighted by Gasteiger charge is 2.06. The van der Waals surface area contributed by atoms with E-state index in [1.54, 1.807) is 23.1 Å². The second-order valence-electron chi connectivity index (χ2n) is 4.26. The summed E-state index contributed by atoms with van der Waals surface area (Å²) < 4.78 is 2.25. The van der Waals surface area contributed by atoms with Crippen molar-refractivity contribution in [2.24, 2.45) is 5.73 Å². The molecule has 0 saturated carbocycles. The summed E-state index contributed by atoms with van der Waals surface area (Å²) in [5, 5.41) is 0. The van der Waals surface area contributed by atoms with Gasteiger partial charge in [-0.1, -0.05) is 23.9 Å². The van der Waals surface area contributed by atoms with Gasteiger partial charge in [0.25, 0.3) is 0 Å². The monoisotopic (exact) mass is 287 g/mol. The fraction of sp³-hybridized carbons (Fsp3) is 0.143. The lowest BCUT2D eigenvalue weighted by Gasteiger charge is -2.04. The van der Waals surface area contributed by atoms with Crippen LogP contribution in [0.15, 0.2) is 51.8 Å². The van der Waals surface area contributed by atoms with Crippen LogP contribution in [0.3, 0.4) is 0 Å². The highest BCUT2D eigenvalue weighted by molar-refractivity contribution is 8.01. The van der Waals surface area contributed by atoms with Crippen LogP contribution in [0.4, 0.5) is 0 Å². The molecule has 0 aliphatic heterocycles. The largest absolute Gasteiger partial charge is 0.323 e. The van der Waals surface area contributed by atoms with Gasteiger partial charge in [-0.2, -0.15) is 0 Å². The van der Waals surface area contributed by atoms with Crippen LogP contribution in [-0.4, -0.2) is 9.97 Å². The van der Waals surface area contributed by atoms with Gasteiger partial charge in [-0.05, 0) is 31.2 Å². The number of aromatic nitrogens is 2. The molecule has 0 radical (unpaired) electrons. The summed E-state index contributed by atoms with van der Waals surface area (Å²) >= 11 is 3.34. The normalized spacial score (nSPS) is 12.7. The second kappa shape index (κ2) is 5.28. The van der Waals surface area contributed by atoms with Crippen molar-refractivity contribution in [3.05, 3.63) is 48.3 Å². The molecule has 0 saturated heterocycles. The van der Waals surface area contributed by atoms with Crippen LogP contribution in [0.2, 0.25) is 0 Å². The Balaban J connectivity index is 1.84. The number of thiazole rings is 1. The van der Waals surface area contributed by atoms with Crippen molar-refractivity contribution in [1.82, 2.24) is 9.97 Å². The molecule has 1 atom stereocenters. The Morgan fingerprint density at radius 1 is 1.21 bits per heavy atom. The van der Waals surface area contributed by atoms with Crippen LogP contribution in [-0.2, 0) is 0 Å². The Hall–Kier alpha value is -1.43. The van der Waals surface area contributed by atoms with Gasteiger partial charge in [-0.25, -0.2) is 4.98 Å². The first kappa shape index (κ1) is 12.6. The summed E-state index contributed by atoms with van der Waals surface area (Å²) in [5.41, 5.74) is 7.75. The van der Waals surface area contributed by atoms with Gasteiger partial charge < -0.3 is 5.73 Å². The number of para-hydroxylation sites is 1. The fourth-order valence-corrected chi connectivity index (χ4v) is 3.73. The van der Waals surface area contributed by atoms with E-state index in [1.807, 2.05) is 43.5 Å². The number of nitrogens with zero attached hydrogens (tertiary/aromatic N) is 2. The first-order valence-electron chi connectivity index (χ1n) is 5.97. The number of benzene rings is 1. The molecule has 0 aliphatic rings. The van der Waals surface area contributed by atoms with E-state index >= 15 is 0 Å². The van der Waals surface area contributed by atoms with E-state index in [4.69, 9.17) is 5.73 Å². The van der Waals surface area contributed by atoms with Gasteiger partial charge in [0.1, 0.15) is 0 Å². The molecule has 0 bridgehead atoms. The SMILES string of the molecule is C[C@@H](N)c1ccc(Sc2nc3ccccc3s2)cn1. The number of nitrogens with two attached hydrogens (primary N) is 1. The van der Waals surface area contributed by atoms with E-state index in [2.05, 4.69) is 16.0 Å². The molecule has 0 amide bonds. The number of pyridine rings is 1. The van der Waals surface area contributed by atoms with Crippen molar-refractivity contribution < 1.29 is 0 Å². The maximum Gasteiger partial charge on any atom is 0.155 e. The zero-order valence-electron chi connectivity index (χ0n) is 10.4. The molecule has 19 heavy (non-hydrogen) atoms. The molecule has 2 heterocycles. The molecular weight excluding hydrogens is 274 g/mol. The molecule has 5 heteroatoms.